The van der Waals surface area contributed by atoms with E-state index in [1.54, 1.807) is 0 Å². The number of rotatable bonds is 3. The highest BCUT2D eigenvalue weighted by Crippen LogP contribution is 2.39. The van der Waals surface area contributed by atoms with E-state index in [-0.39, 0.29) is 11.3 Å². The molecule has 0 spiro atoms. The molecular formula is C8H7Cl2FO4S. The van der Waals surface area contributed by atoms with Gasteiger partial charge in [0.1, 0.15) is 10.8 Å². The third-order valence-electron chi connectivity index (χ3n) is 1.76. The van der Waals surface area contributed by atoms with Crippen molar-refractivity contribution in [2.24, 2.45) is 0 Å². The van der Waals surface area contributed by atoms with E-state index in [9.17, 15) is 17.9 Å². The fourth-order valence-corrected chi connectivity index (χ4v) is 2.38. The molecule has 0 bridgehead atoms. The summed E-state index contributed by atoms with van der Waals surface area (Å²) in [5, 5.41) is 8.78. The molecule has 0 aliphatic carbocycles. The van der Waals surface area contributed by atoms with E-state index in [1.165, 1.54) is 7.11 Å². The second-order valence-electron chi connectivity index (χ2n) is 2.90. The van der Waals surface area contributed by atoms with Crippen molar-refractivity contribution >= 4 is 31.3 Å². The third kappa shape index (κ3) is 2.90. The highest BCUT2D eigenvalue weighted by molar-refractivity contribution is 8.13. The molecule has 0 aliphatic rings. The van der Waals surface area contributed by atoms with Gasteiger partial charge >= 0.3 is 0 Å². The Hall–Kier alpha value is -0.720. The van der Waals surface area contributed by atoms with Gasteiger partial charge in [-0.1, -0.05) is 11.6 Å². The van der Waals surface area contributed by atoms with Crippen LogP contribution in [0.2, 0.25) is 5.02 Å². The van der Waals surface area contributed by atoms with E-state index in [4.69, 9.17) is 27.0 Å². The lowest BCUT2D eigenvalue weighted by molar-refractivity contribution is 0.394. The monoisotopic (exact) mass is 288 g/mol. The number of aromatic hydroxyl groups is 1. The largest absolute Gasteiger partial charge is 0.504 e. The minimum atomic E-state index is -3.87. The Balaban J connectivity index is 3.39. The Morgan fingerprint density at radius 3 is 2.56 bits per heavy atom. The second kappa shape index (κ2) is 4.65. The molecule has 0 aliphatic heterocycles. The standard InChI is InChI=1S/C8H7Cl2FO4S/c1-15-8-4(3-16(10,13)14)2-5(11)7(12)6(8)9/h2,12H,3H2,1H3. The summed E-state index contributed by atoms with van der Waals surface area (Å²) in [6, 6.07) is 0.806. The summed E-state index contributed by atoms with van der Waals surface area (Å²) in [5.41, 5.74) is -0.0576. The quantitative estimate of drug-likeness (QED) is 0.867. The van der Waals surface area contributed by atoms with E-state index < -0.39 is 31.4 Å². The van der Waals surface area contributed by atoms with Crippen LogP contribution in [0.4, 0.5) is 4.39 Å². The van der Waals surface area contributed by atoms with E-state index in [1.807, 2.05) is 0 Å². The Morgan fingerprint density at radius 2 is 2.12 bits per heavy atom. The number of phenolic OH excluding ortho intramolecular Hbond substituents is 1. The lowest BCUT2D eigenvalue weighted by Crippen LogP contribution is -2.00. The molecule has 4 nitrogen and oxygen atoms in total. The van der Waals surface area contributed by atoms with Crippen LogP contribution in [0.25, 0.3) is 0 Å². The Bertz CT molecular complexity index is 515. The fourth-order valence-electron chi connectivity index (χ4n) is 1.15. The molecule has 16 heavy (non-hydrogen) atoms. The zero-order valence-corrected chi connectivity index (χ0v) is 10.3. The van der Waals surface area contributed by atoms with Gasteiger partial charge in [0, 0.05) is 16.2 Å². The topological polar surface area (TPSA) is 63.6 Å². The van der Waals surface area contributed by atoms with Crippen LogP contribution in [-0.2, 0) is 14.8 Å². The normalized spacial score (nSPS) is 11.5. The smallest absolute Gasteiger partial charge is 0.236 e. The molecule has 0 heterocycles. The van der Waals surface area contributed by atoms with Crippen LogP contribution >= 0.6 is 22.3 Å². The van der Waals surface area contributed by atoms with Gasteiger partial charge in [0.2, 0.25) is 9.05 Å². The van der Waals surface area contributed by atoms with Crippen molar-refractivity contribution in [3.63, 3.8) is 0 Å². The van der Waals surface area contributed by atoms with Crippen LogP contribution in [0.15, 0.2) is 6.07 Å². The SMILES string of the molecule is COc1c(CS(=O)(=O)Cl)cc(F)c(O)c1Cl. The van der Waals surface area contributed by atoms with Crippen LogP contribution in [0.3, 0.4) is 0 Å². The lowest BCUT2D eigenvalue weighted by atomic mass is 10.2. The first kappa shape index (κ1) is 13.3. The van der Waals surface area contributed by atoms with Gasteiger partial charge in [0.05, 0.1) is 12.9 Å². The molecule has 8 heteroatoms. The molecule has 0 atom stereocenters. The summed E-state index contributed by atoms with van der Waals surface area (Å²) in [6.07, 6.45) is 0. The molecule has 1 aromatic carbocycles. The third-order valence-corrected chi connectivity index (χ3v) is 3.09. The van der Waals surface area contributed by atoms with Crippen molar-refractivity contribution in [1.82, 2.24) is 0 Å². The van der Waals surface area contributed by atoms with Crippen molar-refractivity contribution in [3.05, 3.63) is 22.5 Å². The summed E-state index contributed by atoms with van der Waals surface area (Å²) < 4.78 is 39.6. The molecule has 1 rings (SSSR count). The molecule has 0 aromatic heterocycles. The van der Waals surface area contributed by atoms with Crippen molar-refractivity contribution in [2.45, 2.75) is 5.75 Å². The first-order valence-electron chi connectivity index (χ1n) is 3.92. The predicted octanol–water partition coefficient (Wildman–Crippen LogP) is 2.26. The van der Waals surface area contributed by atoms with Gasteiger partial charge in [-0.05, 0) is 6.07 Å². The zero-order valence-electron chi connectivity index (χ0n) is 8.00. The molecule has 0 unspecified atom stereocenters. The summed E-state index contributed by atoms with van der Waals surface area (Å²) in [4.78, 5) is 0. The first-order valence-corrected chi connectivity index (χ1v) is 6.78. The number of ether oxygens (including phenoxy) is 1. The van der Waals surface area contributed by atoms with Crippen molar-refractivity contribution in [3.8, 4) is 11.5 Å². The molecule has 1 aromatic rings. The predicted molar refractivity (Wildman–Crippen MR) is 58.1 cm³/mol. The number of hydrogen-bond donors (Lipinski definition) is 1. The van der Waals surface area contributed by atoms with Gasteiger partial charge in [0.25, 0.3) is 0 Å². The van der Waals surface area contributed by atoms with E-state index in [0.29, 0.717) is 0 Å². The molecule has 1 N–H and O–H groups in total. The van der Waals surface area contributed by atoms with Gasteiger partial charge < -0.3 is 9.84 Å². The molecule has 0 saturated heterocycles. The second-order valence-corrected chi connectivity index (χ2v) is 6.05. The number of benzene rings is 1. The Labute approximate surface area is 101 Å². The van der Waals surface area contributed by atoms with E-state index in [0.717, 1.165) is 6.07 Å². The summed E-state index contributed by atoms with van der Waals surface area (Å²) >= 11 is 5.58. The maximum absolute atomic E-state index is 13.1. The van der Waals surface area contributed by atoms with Crippen molar-refractivity contribution in [1.29, 1.82) is 0 Å². The van der Waals surface area contributed by atoms with Gasteiger partial charge in [-0.15, -0.1) is 0 Å². The molecular weight excluding hydrogens is 282 g/mol. The molecule has 0 amide bonds. The minimum Gasteiger partial charge on any atom is -0.504 e. The van der Waals surface area contributed by atoms with Crippen molar-refractivity contribution in [2.75, 3.05) is 7.11 Å². The number of methoxy groups -OCH3 is 1. The van der Waals surface area contributed by atoms with Crippen LogP contribution in [0.5, 0.6) is 11.5 Å². The number of hydrogen-bond acceptors (Lipinski definition) is 4. The average molecular weight is 289 g/mol. The summed E-state index contributed by atoms with van der Waals surface area (Å²) in [7, 11) is 2.37. The highest BCUT2D eigenvalue weighted by atomic mass is 35.7. The molecule has 0 saturated carbocycles. The molecule has 90 valence electrons. The Kier molecular flexibility index (Phi) is 3.88. The number of halogens is 3. The zero-order chi connectivity index (χ0) is 12.5. The minimum absolute atomic E-state index is 0.0576. The lowest BCUT2D eigenvalue weighted by Gasteiger charge is -2.10. The highest BCUT2D eigenvalue weighted by Gasteiger charge is 2.20. The average Bonchev–Trinajstić information content (AvgIpc) is 2.12. The van der Waals surface area contributed by atoms with Crippen LogP contribution in [0.1, 0.15) is 5.56 Å². The molecule has 0 radical (unpaired) electrons. The molecule has 0 fully saturated rings. The maximum atomic E-state index is 13.1. The Morgan fingerprint density at radius 1 is 1.56 bits per heavy atom. The summed E-state index contributed by atoms with van der Waals surface area (Å²) in [5.74, 6) is -2.60. The summed E-state index contributed by atoms with van der Waals surface area (Å²) in [6.45, 7) is 0. The van der Waals surface area contributed by atoms with E-state index >= 15 is 0 Å². The van der Waals surface area contributed by atoms with Gasteiger partial charge in [-0.2, -0.15) is 0 Å². The maximum Gasteiger partial charge on any atom is 0.236 e. The van der Waals surface area contributed by atoms with Gasteiger partial charge in [0.15, 0.2) is 11.6 Å². The van der Waals surface area contributed by atoms with Gasteiger partial charge in [-0.3, -0.25) is 0 Å². The van der Waals surface area contributed by atoms with Crippen LogP contribution < -0.4 is 4.74 Å². The van der Waals surface area contributed by atoms with Crippen molar-refractivity contribution < 1.29 is 22.7 Å². The first-order chi connectivity index (χ1) is 7.26. The van der Waals surface area contributed by atoms with Gasteiger partial charge in [-0.25, -0.2) is 12.8 Å². The van der Waals surface area contributed by atoms with E-state index in [2.05, 4.69) is 0 Å². The fraction of sp³-hybridized carbons (Fsp3) is 0.250. The van der Waals surface area contributed by atoms with Crippen LogP contribution in [0, 0.1) is 5.82 Å². The van der Waals surface area contributed by atoms with Crippen LogP contribution in [-0.4, -0.2) is 20.6 Å². The number of phenols is 1.